The number of imidazole rings is 1. The van der Waals surface area contributed by atoms with Crippen LogP contribution in [0.2, 0.25) is 0 Å². The van der Waals surface area contributed by atoms with Crippen LogP contribution in [-0.2, 0) is 16.7 Å². The molecular weight excluding hydrogens is 634 g/mol. The Hall–Kier alpha value is -4.32. The number of nitrogens with zero attached hydrogens (tertiary/aromatic N) is 4. The Morgan fingerprint density at radius 1 is 0.980 bits per heavy atom. The molecule has 1 amide bonds. The van der Waals surface area contributed by atoms with Crippen molar-refractivity contribution in [1.82, 2.24) is 24.7 Å². The molecule has 3 unspecified atom stereocenters. The second-order valence-electron chi connectivity index (χ2n) is 13.1. The molecule has 268 valence electrons. The van der Waals surface area contributed by atoms with E-state index in [0.717, 1.165) is 61.6 Å². The van der Waals surface area contributed by atoms with E-state index in [1.807, 2.05) is 24.0 Å². The fourth-order valence-corrected chi connectivity index (χ4v) is 7.94. The highest BCUT2D eigenvalue weighted by Gasteiger charge is 2.49. The lowest BCUT2D eigenvalue weighted by Crippen LogP contribution is -2.53. The summed E-state index contributed by atoms with van der Waals surface area (Å²) in [4.78, 5) is 24.2. The normalized spacial score (nSPS) is 20.4. The highest BCUT2D eigenvalue weighted by molar-refractivity contribution is 5.96. The van der Waals surface area contributed by atoms with E-state index in [0.29, 0.717) is 49.1 Å². The van der Waals surface area contributed by atoms with Gasteiger partial charge < -0.3 is 38.5 Å². The number of nitrogens with one attached hydrogen (secondary N) is 1. The van der Waals surface area contributed by atoms with E-state index in [4.69, 9.17) is 28.7 Å². The average Bonchev–Trinajstić information content (AvgIpc) is 3.68. The summed E-state index contributed by atoms with van der Waals surface area (Å²) in [5.41, 5.74) is 3.42. The molecular formula is C39H51N5O6. The second-order valence-corrected chi connectivity index (χ2v) is 13.1. The van der Waals surface area contributed by atoms with Crippen molar-refractivity contribution in [1.29, 1.82) is 0 Å². The third kappa shape index (κ3) is 6.74. The van der Waals surface area contributed by atoms with Crippen LogP contribution in [0.3, 0.4) is 0 Å². The van der Waals surface area contributed by atoms with Gasteiger partial charge >= 0.3 is 0 Å². The number of likely N-dealkylation sites (tertiary alicyclic amines) is 1. The van der Waals surface area contributed by atoms with Gasteiger partial charge in [0.2, 0.25) is 5.75 Å². The van der Waals surface area contributed by atoms with Crippen LogP contribution in [0.25, 0.3) is 11.0 Å². The number of methoxy groups -OCH3 is 4. The number of para-hydroxylation sites is 2. The molecule has 2 aliphatic heterocycles. The number of amides is 1. The zero-order valence-electron chi connectivity index (χ0n) is 30.2. The van der Waals surface area contributed by atoms with Gasteiger partial charge in [-0.25, -0.2) is 4.98 Å². The maximum atomic E-state index is 14.3. The Kier molecular flexibility index (Phi) is 11.2. The van der Waals surface area contributed by atoms with Crippen LogP contribution < -0.4 is 24.3 Å². The molecule has 2 aliphatic rings. The Balaban J connectivity index is 1.40. The SMILES string of the molecule is CCOCCn1c(C2CNCCCN2C(C)C2(c3ccc(OC)cc3)CCN(C(=O)c3cc(OC)c(OC)c(OC)c3)C2)nc2ccccc21. The van der Waals surface area contributed by atoms with Gasteiger partial charge in [-0.15, -0.1) is 0 Å². The predicted molar refractivity (Wildman–Crippen MR) is 194 cm³/mol. The van der Waals surface area contributed by atoms with Crippen molar-refractivity contribution >= 4 is 16.9 Å². The van der Waals surface area contributed by atoms with Crippen LogP contribution in [0.5, 0.6) is 23.0 Å². The van der Waals surface area contributed by atoms with Gasteiger partial charge in [-0.3, -0.25) is 9.69 Å². The van der Waals surface area contributed by atoms with Gasteiger partial charge in [-0.2, -0.15) is 0 Å². The van der Waals surface area contributed by atoms with Gasteiger partial charge in [0.25, 0.3) is 5.91 Å². The highest BCUT2D eigenvalue weighted by Crippen LogP contribution is 2.45. The van der Waals surface area contributed by atoms with Crippen LogP contribution in [0.1, 0.15) is 54.5 Å². The van der Waals surface area contributed by atoms with Crippen molar-refractivity contribution in [3.8, 4) is 23.0 Å². The van der Waals surface area contributed by atoms with E-state index in [2.05, 4.69) is 58.1 Å². The van der Waals surface area contributed by atoms with Gasteiger partial charge in [0, 0.05) is 56.4 Å². The number of ether oxygens (including phenoxy) is 5. The van der Waals surface area contributed by atoms with E-state index in [9.17, 15) is 4.79 Å². The van der Waals surface area contributed by atoms with Gasteiger partial charge in [0.15, 0.2) is 11.5 Å². The number of fused-ring (bicyclic) bond motifs is 1. The van der Waals surface area contributed by atoms with E-state index in [1.54, 1.807) is 40.6 Å². The molecule has 0 bridgehead atoms. The van der Waals surface area contributed by atoms with Crippen molar-refractivity contribution in [2.75, 3.05) is 74.4 Å². The predicted octanol–water partition coefficient (Wildman–Crippen LogP) is 5.32. The Morgan fingerprint density at radius 2 is 1.72 bits per heavy atom. The maximum Gasteiger partial charge on any atom is 0.254 e. The molecule has 0 saturated carbocycles. The number of hydrogen-bond acceptors (Lipinski definition) is 9. The first-order chi connectivity index (χ1) is 24.4. The summed E-state index contributed by atoms with van der Waals surface area (Å²) >= 11 is 0. The van der Waals surface area contributed by atoms with Crippen LogP contribution >= 0.6 is 0 Å². The van der Waals surface area contributed by atoms with Gasteiger partial charge in [-0.05, 0) is 75.2 Å². The standard InChI is InChI=1S/C39H51N5O6/c1-7-50-22-21-44-32-12-9-8-11-31(32)41-37(44)33-25-40-18-10-19-43(33)27(2)39(29-13-15-30(46-3)16-14-29)17-20-42(26-39)38(45)28-23-34(47-4)36(49-6)35(24-28)48-5/h8-9,11-16,23-24,27,33,40H,7,10,17-22,25-26H2,1-6H3. The fourth-order valence-electron chi connectivity index (χ4n) is 7.94. The number of hydrogen-bond donors (Lipinski definition) is 1. The first-order valence-corrected chi connectivity index (χ1v) is 17.6. The fraction of sp³-hybridized carbons (Fsp3) is 0.487. The van der Waals surface area contributed by atoms with Crippen molar-refractivity contribution in [3.63, 3.8) is 0 Å². The third-order valence-electron chi connectivity index (χ3n) is 10.6. The topological polar surface area (TPSA) is 99.6 Å². The van der Waals surface area contributed by atoms with Crippen LogP contribution in [0.4, 0.5) is 0 Å². The molecule has 50 heavy (non-hydrogen) atoms. The Labute approximate surface area is 295 Å². The molecule has 6 rings (SSSR count). The Morgan fingerprint density at radius 3 is 2.40 bits per heavy atom. The van der Waals surface area contributed by atoms with E-state index in [1.165, 1.54) is 5.56 Å². The molecule has 3 heterocycles. The summed E-state index contributed by atoms with van der Waals surface area (Å²) in [7, 11) is 6.38. The largest absolute Gasteiger partial charge is 0.497 e. The van der Waals surface area contributed by atoms with E-state index < -0.39 is 0 Å². The molecule has 0 aliphatic carbocycles. The van der Waals surface area contributed by atoms with E-state index in [-0.39, 0.29) is 23.4 Å². The molecule has 11 heteroatoms. The monoisotopic (exact) mass is 685 g/mol. The molecule has 1 N–H and O–H groups in total. The summed E-state index contributed by atoms with van der Waals surface area (Å²) < 4.78 is 30.5. The number of aromatic nitrogens is 2. The first-order valence-electron chi connectivity index (χ1n) is 17.6. The van der Waals surface area contributed by atoms with Crippen LogP contribution in [-0.4, -0.2) is 106 Å². The summed E-state index contributed by atoms with van der Waals surface area (Å²) in [5.74, 6) is 3.15. The molecule has 2 fully saturated rings. The summed E-state index contributed by atoms with van der Waals surface area (Å²) in [6.07, 6.45) is 1.81. The van der Waals surface area contributed by atoms with Gasteiger partial charge in [-0.1, -0.05) is 24.3 Å². The minimum atomic E-state index is -0.368. The number of benzene rings is 3. The lowest BCUT2D eigenvalue weighted by molar-refractivity contribution is 0.0698. The highest BCUT2D eigenvalue weighted by atomic mass is 16.5. The molecule has 11 nitrogen and oxygen atoms in total. The molecule has 0 radical (unpaired) electrons. The number of carbonyl (C=O) groups excluding carboxylic acids is 1. The zero-order chi connectivity index (χ0) is 35.3. The minimum absolute atomic E-state index is 0.0107. The van der Waals surface area contributed by atoms with Crippen molar-refractivity contribution in [2.24, 2.45) is 0 Å². The molecule has 1 aromatic heterocycles. The number of rotatable bonds is 13. The minimum Gasteiger partial charge on any atom is -0.497 e. The maximum absolute atomic E-state index is 14.3. The van der Waals surface area contributed by atoms with Gasteiger partial charge in [0.05, 0.1) is 52.1 Å². The Bertz CT molecular complexity index is 1730. The van der Waals surface area contributed by atoms with Crippen molar-refractivity contribution in [3.05, 3.63) is 77.6 Å². The lowest BCUT2D eigenvalue weighted by Gasteiger charge is -2.45. The summed E-state index contributed by atoms with van der Waals surface area (Å²) in [5, 5.41) is 3.72. The molecule has 0 spiro atoms. The average molecular weight is 686 g/mol. The lowest BCUT2D eigenvalue weighted by atomic mass is 9.73. The van der Waals surface area contributed by atoms with Gasteiger partial charge in [0.1, 0.15) is 11.6 Å². The van der Waals surface area contributed by atoms with E-state index >= 15 is 0 Å². The number of carbonyl (C=O) groups is 1. The molecule has 2 saturated heterocycles. The second kappa shape index (κ2) is 15.7. The summed E-state index contributed by atoms with van der Waals surface area (Å²) in [6, 6.07) is 20.3. The quantitative estimate of drug-likeness (QED) is 0.188. The zero-order valence-corrected chi connectivity index (χ0v) is 30.2. The molecule has 3 atom stereocenters. The van der Waals surface area contributed by atoms with Crippen LogP contribution in [0, 0.1) is 0 Å². The molecule has 3 aromatic carbocycles. The smallest absolute Gasteiger partial charge is 0.254 e. The van der Waals surface area contributed by atoms with Crippen molar-refractivity contribution < 1.29 is 28.5 Å². The first kappa shape index (κ1) is 35.5. The summed E-state index contributed by atoms with van der Waals surface area (Å²) in [6.45, 7) is 10.1. The van der Waals surface area contributed by atoms with Crippen LogP contribution in [0.15, 0.2) is 60.7 Å². The third-order valence-corrected chi connectivity index (χ3v) is 10.6. The molecule has 4 aromatic rings. The van der Waals surface area contributed by atoms with Crippen molar-refractivity contribution in [2.45, 2.75) is 50.7 Å².